The molecule has 0 spiro atoms. The molecule has 0 aromatic heterocycles. The topological polar surface area (TPSA) is 0 Å². The molecule has 0 aromatic rings. The Morgan fingerprint density at radius 1 is 0.800 bits per heavy atom. The summed E-state index contributed by atoms with van der Waals surface area (Å²) in [6.07, 6.45) is 0. The van der Waals surface area contributed by atoms with Crippen LogP contribution >= 0.6 is 0 Å². The molecule has 36 valence electrons. The van der Waals surface area contributed by atoms with Crippen LogP contribution in [0.5, 0.6) is 0 Å². The molecule has 0 unspecified atom stereocenters. The zero-order valence-corrected chi connectivity index (χ0v) is 3.88. The van der Waals surface area contributed by atoms with E-state index < -0.39 is 43.2 Å². The maximum atomic E-state index is 9.86. The van der Waals surface area contributed by atoms with Crippen LogP contribution in [0, 0.1) is 43.2 Å². The van der Waals surface area contributed by atoms with Crippen LogP contribution in [0.4, 0.5) is 0.334 Å². The molecule has 0 atom stereocenters. The predicted octanol–water partition coefficient (Wildman–Crippen LogP) is 1.68. The molecule has 0 aliphatic heterocycles. The van der Waals surface area contributed by atoms with Gasteiger partial charge in [0.2, 0.25) is 0 Å². The van der Waals surface area contributed by atoms with Gasteiger partial charge in [0, 0.05) is 0 Å². The average molecular weight is 207 g/mol. The van der Waals surface area contributed by atoms with Gasteiger partial charge in [-0.05, 0) is 0 Å². The van der Waals surface area contributed by atoms with Gasteiger partial charge in [-0.15, -0.1) is 0 Å². The molecule has 0 aromatic carbocycles. The summed E-state index contributed by atoms with van der Waals surface area (Å²) in [7, 11) is 0. The first-order valence-corrected chi connectivity index (χ1v) is 3.59. The third kappa shape index (κ3) is 34.4. The van der Waals surface area contributed by atoms with Gasteiger partial charge < -0.3 is 0 Å². The van der Waals surface area contributed by atoms with Crippen LogP contribution in [0.3, 0.4) is 0 Å². The summed E-state index contributed by atoms with van der Waals surface area (Å²) in [5.41, 5.74) is 0. The van der Waals surface area contributed by atoms with Crippen molar-refractivity contribution in [3.8, 4) is 0 Å². The quantitative estimate of drug-likeness (QED) is 0.530. The van der Waals surface area contributed by atoms with Gasteiger partial charge in [0.25, 0.3) is 0 Å². The Morgan fingerprint density at radius 3 is 0.800 bits per heavy atom. The van der Waals surface area contributed by atoms with Crippen LogP contribution in [-0.4, -0.2) is 0 Å². The molecule has 0 saturated carbocycles. The number of halogens is 4. The summed E-state index contributed by atoms with van der Waals surface area (Å²) in [6.45, 7) is 0. The van der Waals surface area contributed by atoms with Crippen LogP contribution < -0.4 is 0 Å². The third-order valence-corrected chi connectivity index (χ3v) is 0. The second-order valence-electron chi connectivity index (χ2n) is 0.303. The molecule has 0 heterocycles. The maximum absolute atomic E-state index is 9.86. The van der Waals surface area contributed by atoms with Gasteiger partial charge in [-0.1, -0.05) is 0 Å². The van der Waals surface area contributed by atoms with E-state index in [1.165, 1.54) is 0 Å². The van der Waals surface area contributed by atoms with E-state index in [4.69, 9.17) is 0 Å². The van der Waals surface area contributed by atoms with Crippen molar-refractivity contribution < 1.29 is 43.5 Å². The van der Waals surface area contributed by atoms with E-state index in [1.807, 2.05) is 0 Å². The number of rotatable bonds is 0. The van der Waals surface area contributed by atoms with E-state index >= 15 is 0 Å². The van der Waals surface area contributed by atoms with Crippen molar-refractivity contribution in [3.05, 3.63) is 0 Å². The monoisotopic (exact) mass is 208 g/mol. The Labute approximate surface area is 42.7 Å². The van der Waals surface area contributed by atoms with E-state index in [2.05, 4.69) is 0 Å². The first-order valence-electron chi connectivity index (χ1n) is 0.535. The second-order valence-corrected chi connectivity index (χ2v) is 2.03. The summed E-state index contributed by atoms with van der Waals surface area (Å²) in [4.78, 5) is 0. The van der Waals surface area contributed by atoms with Crippen molar-refractivity contribution in [2.45, 2.75) is 0 Å². The second kappa shape index (κ2) is 1.83. The molecular formula is F4Xe. The molecule has 0 radical (unpaired) electrons. The fraction of sp³-hybridized carbons (Fsp3) is 0. The molecule has 5 heavy (non-hydrogen) atoms. The molecular weight excluding hydrogens is 207 g/mol. The van der Waals surface area contributed by atoms with Crippen molar-refractivity contribution >= 4 is 0 Å². The van der Waals surface area contributed by atoms with Crippen molar-refractivity contribution in [1.29, 1.82) is 0 Å². The number of hydrogen-bond acceptors (Lipinski definition) is 0. The molecule has 0 amide bonds. The minimum atomic E-state index is -6.86. The Morgan fingerprint density at radius 2 is 0.800 bits per heavy atom. The van der Waals surface area contributed by atoms with Gasteiger partial charge in [-0.25, -0.2) is 0 Å². The summed E-state index contributed by atoms with van der Waals surface area (Å²) in [5.74, 6) is 0. The number of hydrogen-bond donors (Lipinski definition) is 0. The Balaban J connectivity index is 3.02. The van der Waals surface area contributed by atoms with Crippen LogP contribution in [0.25, 0.3) is 0 Å². The van der Waals surface area contributed by atoms with Gasteiger partial charge in [-0.2, -0.15) is 0 Å². The van der Waals surface area contributed by atoms with E-state index in [0.717, 1.165) is 0 Å². The van der Waals surface area contributed by atoms with Gasteiger partial charge in [0.1, 0.15) is 0 Å². The summed E-state index contributed by atoms with van der Waals surface area (Å²) in [5, 5.41) is 0. The van der Waals surface area contributed by atoms with Gasteiger partial charge in [-0.3, -0.25) is 0 Å². The molecule has 0 nitrogen and oxygen atoms in total. The normalized spacial score (nSPS) is 15.2. The third-order valence-electron chi connectivity index (χ3n) is 0. The van der Waals surface area contributed by atoms with Crippen LogP contribution in [0.15, 0.2) is 0 Å². The van der Waals surface area contributed by atoms with Crippen molar-refractivity contribution in [2.75, 3.05) is 0 Å². The van der Waals surface area contributed by atoms with Crippen molar-refractivity contribution in [2.24, 2.45) is 0 Å². The van der Waals surface area contributed by atoms with Crippen LogP contribution in [0.1, 0.15) is 0 Å². The van der Waals surface area contributed by atoms with E-state index in [-0.39, 0.29) is 0 Å². The first-order chi connectivity index (χ1) is 2.00. The molecule has 0 rings (SSSR count). The molecule has 0 aliphatic carbocycles. The van der Waals surface area contributed by atoms with Crippen LogP contribution in [0.2, 0.25) is 0 Å². The predicted molar refractivity (Wildman–Crippen MR) is 4.43 cm³/mol. The molecule has 0 N–H and O–H groups in total. The summed E-state index contributed by atoms with van der Waals surface area (Å²) >= 11 is -6.86. The van der Waals surface area contributed by atoms with E-state index in [9.17, 15) is 0.334 Å². The standard InChI is InChI=1S/F4Xe/c1-5(2,3)4. The molecule has 0 aliphatic rings. The molecule has 0 bridgehead atoms. The zero-order valence-electron chi connectivity index (χ0n) is 1.87. The van der Waals surface area contributed by atoms with Gasteiger partial charge >= 0.3 is 43.5 Å². The molecule has 0 saturated heterocycles. The summed E-state index contributed by atoms with van der Waals surface area (Å²) < 4.78 is 39.4. The Kier molecular flexibility index (Phi) is 2.31. The van der Waals surface area contributed by atoms with E-state index in [1.54, 1.807) is 0 Å². The molecule has 0 fully saturated rings. The Hall–Kier alpha value is 1.29. The fourth-order valence-electron chi connectivity index (χ4n) is 0. The van der Waals surface area contributed by atoms with E-state index in [0.29, 0.717) is 0 Å². The first kappa shape index (κ1) is 6.29. The Bertz CT molecular complexity index is 19.1. The zero-order chi connectivity index (χ0) is 4.50. The fourth-order valence-corrected chi connectivity index (χ4v) is 0. The van der Waals surface area contributed by atoms with Crippen LogP contribution in [-0.2, 0) is 0 Å². The van der Waals surface area contributed by atoms with Gasteiger partial charge in [0.05, 0.1) is 0 Å². The minimum absolute atomic E-state index is 6.86. The SMILES string of the molecule is F[Xe](F)(F)F. The van der Waals surface area contributed by atoms with Crippen molar-refractivity contribution in [3.63, 3.8) is 0 Å². The van der Waals surface area contributed by atoms with Crippen molar-refractivity contribution in [1.82, 2.24) is 0 Å². The van der Waals surface area contributed by atoms with Gasteiger partial charge in [0.15, 0.2) is 0 Å². The summed E-state index contributed by atoms with van der Waals surface area (Å²) in [6, 6.07) is 0. The molecule has 5 heteroatoms. The average Bonchev–Trinajstić information content (AvgIpc) is 0.722.